The summed E-state index contributed by atoms with van der Waals surface area (Å²) >= 11 is 0. The zero-order valence-electron chi connectivity index (χ0n) is 19.5. The van der Waals surface area contributed by atoms with Crippen LogP contribution < -0.4 is 11.4 Å². The average molecular weight is 457 g/mol. The van der Waals surface area contributed by atoms with Crippen LogP contribution in [0.15, 0.2) is 11.1 Å². The number of anilines is 1. The molecule has 2 rings (SSSR count). The Balaban J connectivity index is 2.26. The third kappa shape index (κ3) is 5.58. The lowest BCUT2D eigenvalue weighted by molar-refractivity contribution is -0.0409. The minimum atomic E-state index is -1.84. The summed E-state index contributed by atoms with van der Waals surface area (Å²) in [7, 11) is -3.59. The highest BCUT2D eigenvalue weighted by Gasteiger charge is 2.43. The normalized spacial score (nSPS) is 22.5. The molecule has 0 unspecified atom stereocenters. The van der Waals surface area contributed by atoms with Gasteiger partial charge in [0, 0.05) is 6.42 Å². The number of rotatable bonds is 12. The van der Waals surface area contributed by atoms with Gasteiger partial charge in [-0.05, 0) is 36.3 Å². The van der Waals surface area contributed by atoms with Gasteiger partial charge in [-0.1, -0.05) is 41.5 Å². The summed E-state index contributed by atoms with van der Waals surface area (Å²) in [6.07, 6.45) is 1.25. The molecule has 0 spiro atoms. The van der Waals surface area contributed by atoms with Crippen LogP contribution in [0.5, 0.6) is 0 Å². The Labute approximate surface area is 182 Å². The number of hydrogen-bond donors (Lipinski definition) is 1. The molecule has 1 aromatic rings. The maximum atomic E-state index is 12.3. The van der Waals surface area contributed by atoms with E-state index in [1.807, 2.05) is 0 Å². The molecule has 2 N–H and O–H groups in total. The van der Waals surface area contributed by atoms with Gasteiger partial charge in [0.15, 0.2) is 16.6 Å². The molecular weight excluding hydrogens is 416 g/mol. The molecule has 1 aromatic heterocycles. The molecule has 0 aromatic carbocycles. The Hall–Kier alpha value is -1.08. The Bertz CT molecular complexity index is 708. The Morgan fingerprint density at radius 2 is 1.63 bits per heavy atom. The fourth-order valence-corrected chi connectivity index (χ4v) is 9.85. The number of ether oxygens (including phenoxy) is 1. The van der Waals surface area contributed by atoms with E-state index in [1.54, 1.807) is 0 Å². The molecule has 0 aliphatic carbocycles. The number of hydrogen-bond acceptors (Lipinski definition) is 7. The second-order valence-corrected chi connectivity index (χ2v) is 17.7. The lowest BCUT2D eigenvalue weighted by Gasteiger charge is -2.35. The van der Waals surface area contributed by atoms with Crippen molar-refractivity contribution in [3.63, 3.8) is 0 Å². The molecule has 1 fully saturated rings. The van der Waals surface area contributed by atoms with Gasteiger partial charge in [0.25, 0.3) is 0 Å². The highest BCUT2D eigenvalue weighted by Crippen LogP contribution is 2.35. The smallest absolute Gasteiger partial charge is 0.354 e. The van der Waals surface area contributed by atoms with Gasteiger partial charge in [-0.3, -0.25) is 4.57 Å². The molecule has 0 amide bonds. The zero-order valence-corrected chi connectivity index (χ0v) is 21.5. The van der Waals surface area contributed by atoms with Gasteiger partial charge in [-0.25, -0.2) is 9.78 Å². The minimum Gasteiger partial charge on any atom is -0.414 e. The van der Waals surface area contributed by atoms with E-state index in [-0.39, 0.29) is 18.2 Å². The van der Waals surface area contributed by atoms with Crippen molar-refractivity contribution < 1.29 is 13.6 Å². The lowest BCUT2D eigenvalue weighted by atomic mass is 10.2. The maximum Gasteiger partial charge on any atom is 0.354 e. The van der Waals surface area contributed by atoms with Crippen LogP contribution in [0.3, 0.4) is 0 Å². The van der Waals surface area contributed by atoms with Crippen LogP contribution in [-0.2, 0) is 13.6 Å². The highest BCUT2D eigenvalue weighted by atomic mass is 28.4. The van der Waals surface area contributed by atoms with Crippen LogP contribution in [0.4, 0.5) is 5.95 Å². The predicted molar refractivity (Wildman–Crippen MR) is 124 cm³/mol. The molecular formula is C20H40N4O4Si2. The number of aromatic nitrogens is 3. The minimum absolute atomic E-state index is 0.0269. The monoisotopic (exact) mass is 456 g/mol. The van der Waals surface area contributed by atoms with Gasteiger partial charge in [-0.2, -0.15) is 4.98 Å². The first-order chi connectivity index (χ1) is 14.3. The van der Waals surface area contributed by atoms with E-state index >= 15 is 0 Å². The molecule has 3 atom stereocenters. The van der Waals surface area contributed by atoms with Gasteiger partial charge in [0.2, 0.25) is 5.95 Å². The van der Waals surface area contributed by atoms with Crippen LogP contribution >= 0.6 is 0 Å². The topological polar surface area (TPSA) is 101 Å². The van der Waals surface area contributed by atoms with Gasteiger partial charge in [-0.15, -0.1) is 0 Å². The first kappa shape index (κ1) is 25.2. The van der Waals surface area contributed by atoms with Crippen LogP contribution in [0, 0.1) is 0 Å². The predicted octanol–water partition coefficient (Wildman–Crippen LogP) is 3.92. The quantitative estimate of drug-likeness (QED) is 0.476. The second kappa shape index (κ2) is 11.0. The first-order valence-corrected chi connectivity index (χ1v) is 16.5. The van der Waals surface area contributed by atoms with Gasteiger partial charge in [0.05, 0.1) is 12.7 Å². The van der Waals surface area contributed by atoms with Crippen molar-refractivity contribution in [3.05, 3.63) is 16.8 Å². The van der Waals surface area contributed by atoms with Crippen molar-refractivity contribution in [1.82, 2.24) is 14.5 Å². The molecule has 10 heteroatoms. The summed E-state index contributed by atoms with van der Waals surface area (Å²) < 4.78 is 21.1. The second-order valence-electron chi connectivity index (χ2n) is 8.22. The SMILES string of the molecule is CC[Si](CC)(CC)OC[C@H]1O[C@@H](n2cnc(N)nc2=O)C[C@@H]1O[Si](CC)(CC)CC. The molecule has 1 saturated heterocycles. The number of nitrogens with two attached hydrogens (primary N) is 1. The van der Waals surface area contributed by atoms with Crippen molar-refractivity contribution in [3.8, 4) is 0 Å². The summed E-state index contributed by atoms with van der Waals surface area (Å²) in [6, 6.07) is 6.46. The van der Waals surface area contributed by atoms with Crippen LogP contribution in [0.25, 0.3) is 0 Å². The maximum absolute atomic E-state index is 12.3. The lowest BCUT2D eigenvalue weighted by Crippen LogP contribution is -2.45. The van der Waals surface area contributed by atoms with Gasteiger partial charge >= 0.3 is 5.69 Å². The van der Waals surface area contributed by atoms with Crippen molar-refractivity contribution >= 4 is 22.6 Å². The molecule has 30 heavy (non-hydrogen) atoms. The zero-order chi connectivity index (χ0) is 22.4. The van der Waals surface area contributed by atoms with E-state index < -0.39 is 28.6 Å². The molecule has 1 aliphatic rings. The van der Waals surface area contributed by atoms with E-state index in [0.29, 0.717) is 13.0 Å². The van der Waals surface area contributed by atoms with Crippen LogP contribution in [-0.4, -0.2) is 50.0 Å². The first-order valence-electron chi connectivity index (χ1n) is 11.5. The standard InChI is InChI=1S/C20H40N4O4Si2/c1-7-29(8-2,9-3)26-14-17-16(28-30(10-4,11-5)12-6)13-18(27-17)24-15-22-19(21)23-20(24)25/h15-18H,7-14H2,1-6H3,(H2,21,23,25)/t16-,17+,18+/m0/s1. The molecule has 172 valence electrons. The molecule has 8 nitrogen and oxygen atoms in total. The van der Waals surface area contributed by atoms with Gasteiger partial charge in [0.1, 0.15) is 18.7 Å². The number of nitrogen functional groups attached to an aromatic ring is 1. The third-order valence-electron chi connectivity index (χ3n) is 7.06. The third-order valence-corrected chi connectivity index (χ3v) is 16.4. The van der Waals surface area contributed by atoms with Crippen molar-refractivity contribution in [2.75, 3.05) is 12.3 Å². The molecule has 0 radical (unpaired) electrons. The van der Waals surface area contributed by atoms with Gasteiger partial charge < -0.3 is 19.3 Å². The van der Waals surface area contributed by atoms with E-state index in [0.717, 1.165) is 36.3 Å². The molecule has 2 heterocycles. The van der Waals surface area contributed by atoms with Crippen molar-refractivity contribution in [1.29, 1.82) is 0 Å². The molecule has 0 bridgehead atoms. The van der Waals surface area contributed by atoms with E-state index in [4.69, 9.17) is 19.3 Å². The van der Waals surface area contributed by atoms with E-state index in [2.05, 4.69) is 51.5 Å². The van der Waals surface area contributed by atoms with Crippen LogP contribution in [0.2, 0.25) is 36.3 Å². The summed E-state index contributed by atoms with van der Waals surface area (Å²) in [5.74, 6) is -0.0269. The number of nitrogens with zero attached hydrogens (tertiary/aromatic N) is 3. The fraction of sp³-hybridized carbons (Fsp3) is 0.850. The highest BCUT2D eigenvalue weighted by molar-refractivity contribution is 6.74. The van der Waals surface area contributed by atoms with E-state index in [9.17, 15) is 4.79 Å². The van der Waals surface area contributed by atoms with E-state index in [1.165, 1.54) is 10.9 Å². The molecule has 1 aliphatic heterocycles. The fourth-order valence-electron chi connectivity index (χ4n) is 4.33. The van der Waals surface area contributed by atoms with Crippen molar-refractivity contribution in [2.24, 2.45) is 0 Å². The average Bonchev–Trinajstić information content (AvgIpc) is 3.15. The molecule has 0 saturated carbocycles. The summed E-state index contributed by atoms with van der Waals surface area (Å²) in [5, 5.41) is 0. The Morgan fingerprint density at radius 3 is 2.13 bits per heavy atom. The Kier molecular flexibility index (Phi) is 9.22. The summed E-state index contributed by atoms with van der Waals surface area (Å²) in [5.41, 5.74) is 5.10. The van der Waals surface area contributed by atoms with Crippen molar-refractivity contribution in [2.45, 2.75) is 103 Å². The summed E-state index contributed by atoms with van der Waals surface area (Å²) in [4.78, 5) is 20.1. The largest absolute Gasteiger partial charge is 0.414 e. The van der Waals surface area contributed by atoms with Crippen LogP contribution in [0.1, 0.15) is 54.2 Å². The summed E-state index contributed by atoms with van der Waals surface area (Å²) in [6.45, 7) is 13.8. The Morgan fingerprint density at radius 1 is 1.07 bits per heavy atom.